The summed E-state index contributed by atoms with van der Waals surface area (Å²) in [6.07, 6.45) is 2.66. The Kier molecular flexibility index (Phi) is 4.47. The number of rotatable bonds is 5. The maximum atomic E-state index is 13.0. The molecule has 2 aromatic carbocycles. The van der Waals surface area contributed by atoms with Gasteiger partial charge >= 0.3 is 0 Å². The fraction of sp³-hybridized carbons (Fsp3) is 0.300. The van der Waals surface area contributed by atoms with Crippen molar-refractivity contribution in [2.75, 3.05) is 4.72 Å². The first-order valence-electron chi connectivity index (χ1n) is 9.11. The summed E-state index contributed by atoms with van der Waals surface area (Å²) < 4.78 is 34.0. The summed E-state index contributed by atoms with van der Waals surface area (Å²) in [5.41, 5.74) is 8.15. The summed E-state index contributed by atoms with van der Waals surface area (Å²) in [5, 5.41) is 4.02. The lowest BCUT2D eigenvalue weighted by molar-refractivity contribution is 0.229. The molecular formula is C20H22N4O3S. The lowest BCUT2D eigenvalue weighted by Crippen LogP contribution is -2.44. The van der Waals surface area contributed by atoms with E-state index >= 15 is 0 Å². The number of nitrogens with one attached hydrogen (secondary N) is 1. The molecule has 0 aliphatic heterocycles. The summed E-state index contributed by atoms with van der Waals surface area (Å²) in [5.74, 6) is 0.701. The van der Waals surface area contributed by atoms with Gasteiger partial charge in [-0.2, -0.15) is 4.98 Å². The van der Waals surface area contributed by atoms with Crippen molar-refractivity contribution in [3.63, 3.8) is 0 Å². The smallest absolute Gasteiger partial charge is 0.262 e. The standard InChI is InChI=1S/C20H22N4O3S/c1-13-8-9-14(2)17(12-13)28(25,26)24-16-7-4-3-6-15(16)18-22-19(23-27-18)20(21)10-5-11-20/h3-4,6-9,12,24H,5,10-11,21H2,1-2H3. The third-order valence-electron chi connectivity index (χ3n) is 5.15. The molecule has 0 spiro atoms. The SMILES string of the molecule is Cc1ccc(C)c(S(=O)(=O)Nc2ccccc2-c2nc(C3(N)CCC3)no2)c1. The van der Waals surface area contributed by atoms with Crippen molar-refractivity contribution in [2.24, 2.45) is 5.73 Å². The Bertz CT molecular complexity index is 1130. The van der Waals surface area contributed by atoms with E-state index in [1.807, 2.05) is 13.0 Å². The zero-order chi connectivity index (χ0) is 19.9. The van der Waals surface area contributed by atoms with Crippen LogP contribution in [0.15, 0.2) is 51.9 Å². The second kappa shape index (κ2) is 6.72. The predicted molar refractivity (Wildman–Crippen MR) is 106 cm³/mol. The Balaban J connectivity index is 1.70. The molecule has 3 aromatic rings. The molecule has 28 heavy (non-hydrogen) atoms. The van der Waals surface area contributed by atoms with Crippen molar-refractivity contribution in [2.45, 2.75) is 43.5 Å². The van der Waals surface area contributed by atoms with E-state index in [0.717, 1.165) is 24.8 Å². The van der Waals surface area contributed by atoms with Crippen LogP contribution in [0.1, 0.15) is 36.2 Å². The number of nitrogens with zero attached hydrogens (tertiary/aromatic N) is 2. The molecule has 8 heteroatoms. The van der Waals surface area contributed by atoms with Crippen LogP contribution in [-0.4, -0.2) is 18.6 Å². The van der Waals surface area contributed by atoms with Gasteiger partial charge in [0.2, 0.25) is 0 Å². The van der Waals surface area contributed by atoms with Gasteiger partial charge in [0.05, 0.1) is 21.7 Å². The molecule has 0 atom stereocenters. The molecule has 1 fully saturated rings. The van der Waals surface area contributed by atoms with Crippen LogP contribution in [0.5, 0.6) is 0 Å². The fourth-order valence-corrected chi connectivity index (χ4v) is 4.68. The number of anilines is 1. The van der Waals surface area contributed by atoms with E-state index in [1.165, 1.54) is 0 Å². The molecule has 0 radical (unpaired) electrons. The van der Waals surface area contributed by atoms with Crippen LogP contribution in [0.2, 0.25) is 0 Å². The summed E-state index contributed by atoms with van der Waals surface area (Å²) in [7, 11) is -3.78. The molecule has 1 aromatic heterocycles. The lowest BCUT2D eigenvalue weighted by atomic mass is 9.77. The van der Waals surface area contributed by atoms with E-state index in [9.17, 15) is 8.42 Å². The highest BCUT2D eigenvalue weighted by Gasteiger charge is 2.39. The van der Waals surface area contributed by atoms with E-state index in [4.69, 9.17) is 10.3 Å². The van der Waals surface area contributed by atoms with Crippen molar-refractivity contribution < 1.29 is 12.9 Å². The largest absolute Gasteiger partial charge is 0.334 e. The first-order chi connectivity index (χ1) is 13.3. The highest BCUT2D eigenvalue weighted by molar-refractivity contribution is 7.92. The topological polar surface area (TPSA) is 111 Å². The van der Waals surface area contributed by atoms with Crippen LogP contribution >= 0.6 is 0 Å². The molecule has 0 unspecified atom stereocenters. The van der Waals surface area contributed by atoms with Crippen LogP contribution in [0.3, 0.4) is 0 Å². The van der Waals surface area contributed by atoms with Gasteiger partial charge in [-0.05, 0) is 62.4 Å². The highest BCUT2D eigenvalue weighted by Crippen LogP contribution is 2.38. The molecule has 0 amide bonds. The van der Waals surface area contributed by atoms with Crippen molar-refractivity contribution in [1.29, 1.82) is 0 Å². The maximum Gasteiger partial charge on any atom is 0.262 e. The minimum atomic E-state index is -3.78. The van der Waals surface area contributed by atoms with Crippen LogP contribution < -0.4 is 10.5 Å². The average molecular weight is 398 g/mol. The second-order valence-electron chi connectivity index (χ2n) is 7.35. The van der Waals surface area contributed by atoms with E-state index < -0.39 is 15.6 Å². The Hall–Kier alpha value is -2.71. The van der Waals surface area contributed by atoms with Crippen molar-refractivity contribution in [1.82, 2.24) is 10.1 Å². The molecule has 0 bridgehead atoms. The normalized spacial score (nSPS) is 15.8. The highest BCUT2D eigenvalue weighted by atomic mass is 32.2. The Morgan fingerprint density at radius 2 is 1.89 bits per heavy atom. The van der Waals surface area contributed by atoms with Gasteiger partial charge in [0.15, 0.2) is 5.82 Å². The van der Waals surface area contributed by atoms with Crippen molar-refractivity contribution in [3.8, 4) is 11.5 Å². The number of benzene rings is 2. The number of aryl methyl sites for hydroxylation is 2. The molecule has 7 nitrogen and oxygen atoms in total. The lowest BCUT2D eigenvalue weighted by Gasteiger charge is -2.34. The summed E-state index contributed by atoms with van der Waals surface area (Å²) in [6, 6.07) is 12.3. The maximum absolute atomic E-state index is 13.0. The minimum absolute atomic E-state index is 0.240. The van der Waals surface area contributed by atoms with E-state index in [0.29, 0.717) is 22.6 Å². The number of aromatic nitrogens is 2. The number of nitrogens with two attached hydrogens (primary N) is 1. The fourth-order valence-electron chi connectivity index (χ4n) is 3.27. The van der Waals surface area contributed by atoms with Gasteiger partial charge in [-0.3, -0.25) is 4.72 Å². The quantitative estimate of drug-likeness (QED) is 0.680. The number of hydrogen-bond acceptors (Lipinski definition) is 6. The van der Waals surface area contributed by atoms with E-state index in [2.05, 4.69) is 14.9 Å². The zero-order valence-corrected chi connectivity index (χ0v) is 16.6. The monoisotopic (exact) mass is 398 g/mol. The van der Waals surface area contributed by atoms with Gasteiger partial charge in [0, 0.05) is 0 Å². The average Bonchev–Trinajstić information content (AvgIpc) is 3.12. The van der Waals surface area contributed by atoms with Crippen molar-refractivity contribution >= 4 is 15.7 Å². The van der Waals surface area contributed by atoms with E-state index in [1.54, 1.807) is 43.3 Å². The molecule has 1 aliphatic carbocycles. The molecule has 1 aliphatic rings. The summed E-state index contributed by atoms with van der Waals surface area (Å²) >= 11 is 0. The number of hydrogen-bond donors (Lipinski definition) is 2. The van der Waals surface area contributed by atoms with Gasteiger partial charge in [-0.1, -0.05) is 29.4 Å². The molecule has 0 saturated heterocycles. The molecule has 3 N–H and O–H groups in total. The van der Waals surface area contributed by atoms with Crippen LogP contribution in [-0.2, 0) is 15.6 Å². The van der Waals surface area contributed by atoms with Crippen LogP contribution in [0.25, 0.3) is 11.5 Å². The predicted octanol–water partition coefficient (Wildman–Crippen LogP) is 3.49. The molecule has 1 heterocycles. The Morgan fingerprint density at radius 1 is 1.14 bits per heavy atom. The minimum Gasteiger partial charge on any atom is -0.334 e. The molecular weight excluding hydrogens is 376 g/mol. The van der Waals surface area contributed by atoms with E-state index in [-0.39, 0.29) is 10.8 Å². The van der Waals surface area contributed by atoms with Crippen LogP contribution in [0.4, 0.5) is 5.69 Å². The molecule has 146 valence electrons. The van der Waals surface area contributed by atoms with Gasteiger partial charge in [0.25, 0.3) is 15.9 Å². The summed E-state index contributed by atoms with van der Waals surface area (Å²) in [6.45, 7) is 3.62. The van der Waals surface area contributed by atoms with Gasteiger partial charge < -0.3 is 10.3 Å². The second-order valence-corrected chi connectivity index (χ2v) is 9.00. The third kappa shape index (κ3) is 3.29. The number of para-hydroxylation sites is 1. The molecule has 1 saturated carbocycles. The van der Waals surface area contributed by atoms with Gasteiger partial charge in [0.1, 0.15) is 0 Å². The Labute approximate surface area is 164 Å². The number of sulfonamides is 1. The first-order valence-corrected chi connectivity index (χ1v) is 10.6. The molecule has 4 rings (SSSR count). The summed E-state index contributed by atoms with van der Waals surface area (Å²) in [4.78, 5) is 4.67. The zero-order valence-electron chi connectivity index (χ0n) is 15.8. The van der Waals surface area contributed by atoms with Crippen LogP contribution in [0, 0.1) is 13.8 Å². The Morgan fingerprint density at radius 3 is 2.61 bits per heavy atom. The first kappa shape index (κ1) is 18.6. The van der Waals surface area contributed by atoms with Gasteiger partial charge in [-0.25, -0.2) is 8.42 Å². The third-order valence-corrected chi connectivity index (χ3v) is 6.66. The van der Waals surface area contributed by atoms with Crippen molar-refractivity contribution in [3.05, 3.63) is 59.4 Å². The van der Waals surface area contributed by atoms with Gasteiger partial charge in [-0.15, -0.1) is 0 Å².